The maximum absolute atomic E-state index is 10.9. The summed E-state index contributed by atoms with van der Waals surface area (Å²) in [5.41, 5.74) is 5.99. The average molecular weight is 197 g/mol. The van der Waals surface area contributed by atoms with Crippen LogP contribution in [-0.4, -0.2) is 20.9 Å². The van der Waals surface area contributed by atoms with Crippen molar-refractivity contribution in [3.63, 3.8) is 0 Å². The first-order valence-corrected chi connectivity index (χ1v) is 3.85. The Morgan fingerprint density at radius 2 is 2.38 bits per heavy atom. The van der Waals surface area contributed by atoms with Gasteiger partial charge in [0.2, 0.25) is 5.28 Å². The van der Waals surface area contributed by atoms with Gasteiger partial charge in [-0.15, -0.1) is 0 Å². The summed E-state index contributed by atoms with van der Waals surface area (Å²) in [6.45, 7) is 0. The first-order chi connectivity index (χ1) is 6.18. The molecular formula is C7H5ClN4O. The van der Waals surface area contributed by atoms with Crippen molar-refractivity contribution >= 4 is 28.5 Å². The van der Waals surface area contributed by atoms with Crippen LogP contribution < -0.4 is 5.73 Å². The van der Waals surface area contributed by atoms with E-state index in [2.05, 4.69) is 15.0 Å². The largest absolute Gasteiger partial charge is 0.366 e. The van der Waals surface area contributed by atoms with Crippen LogP contribution in [0.15, 0.2) is 12.4 Å². The molecule has 0 aliphatic heterocycles. The van der Waals surface area contributed by atoms with Crippen molar-refractivity contribution in [2.45, 2.75) is 0 Å². The van der Waals surface area contributed by atoms with Crippen molar-refractivity contribution in [3.8, 4) is 0 Å². The molecule has 0 fully saturated rings. The molecule has 2 aromatic rings. The van der Waals surface area contributed by atoms with E-state index < -0.39 is 5.91 Å². The molecule has 3 N–H and O–H groups in total. The van der Waals surface area contributed by atoms with Crippen LogP contribution in [0.25, 0.3) is 11.0 Å². The molecule has 0 aliphatic carbocycles. The van der Waals surface area contributed by atoms with Gasteiger partial charge in [-0.05, 0) is 11.6 Å². The Morgan fingerprint density at radius 3 is 3.08 bits per heavy atom. The highest BCUT2D eigenvalue weighted by molar-refractivity contribution is 6.28. The minimum atomic E-state index is -0.517. The monoisotopic (exact) mass is 196 g/mol. The van der Waals surface area contributed by atoms with Gasteiger partial charge >= 0.3 is 0 Å². The van der Waals surface area contributed by atoms with Crippen LogP contribution in [0.2, 0.25) is 5.28 Å². The second-order valence-electron chi connectivity index (χ2n) is 2.47. The molecule has 13 heavy (non-hydrogen) atoms. The average Bonchev–Trinajstić information content (AvgIpc) is 2.46. The molecule has 0 unspecified atom stereocenters. The van der Waals surface area contributed by atoms with Crippen molar-refractivity contribution in [2.24, 2.45) is 5.73 Å². The molecule has 0 spiro atoms. The normalized spacial score (nSPS) is 10.5. The molecule has 5 nitrogen and oxygen atoms in total. The van der Waals surface area contributed by atoms with Crippen molar-refractivity contribution in [1.82, 2.24) is 15.0 Å². The van der Waals surface area contributed by atoms with Gasteiger partial charge in [0.15, 0.2) is 0 Å². The van der Waals surface area contributed by atoms with E-state index in [1.165, 1.54) is 12.4 Å². The zero-order valence-corrected chi connectivity index (χ0v) is 7.17. The number of H-pyrrole nitrogens is 1. The van der Waals surface area contributed by atoms with Crippen molar-refractivity contribution in [3.05, 3.63) is 23.2 Å². The molecule has 2 rings (SSSR count). The van der Waals surface area contributed by atoms with Crippen LogP contribution in [0.3, 0.4) is 0 Å². The summed E-state index contributed by atoms with van der Waals surface area (Å²) in [5.74, 6) is -0.517. The number of halogens is 1. The predicted molar refractivity (Wildman–Crippen MR) is 47.4 cm³/mol. The quantitative estimate of drug-likeness (QED) is 0.659. The number of hydrogen-bond donors (Lipinski definition) is 2. The van der Waals surface area contributed by atoms with E-state index in [4.69, 9.17) is 17.3 Å². The van der Waals surface area contributed by atoms with Crippen LogP contribution in [0.4, 0.5) is 0 Å². The summed E-state index contributed by atoms with van der Waals surface area (Å²) in [7, 11) is 0. The molecule has 2 aromatic heterocycles. The van der Waals surface area contributed by atoms with Gasteiger partial charge in [-0.1, -0.05) is 0 Å². The highest BCUT2D eigenvalue weighted by Crippen LogP contribution is 2.15. The minimum absolute atomic E-state index is 0.130. The van der Waals surface area contributed by atoms with E-state index in [1.807, 2.05) is 0 Å². The lowest BCUT2D eigenvalue weighted by atomic mass is 10.2. The zero-order chi connectivity index (χ0) is 9.42. The lowest BCUT2D eigenvalue weighted by molar-refractivity contribution is 0.100. The van der Waals surface area contributed by atoms with E-state index in [9.17, 15) is 4.79 Å². The molecule has 1 amide bonds. The second kappa shape index (κ2) is 2.70. The highest BCUT2D eigenvalue weighted by atomic mass is 35.5. The van der Waals surface area contributed by atoms with Crippen molar-refractivity contribution < 1.29 is 4.79 Å². The zero-order valence-electron chi connectivity index (χ0n) is 6.41. The number of nitrogens with zero attached hydrogens (tertiary/aromatic N) is 2. The number of primary amides is 1. The van der Waals surface area contributed by atoms with Gasteiger partial charge in [0, 0.05) is 17.8 Å². The Labute approximate surface area is 77.9 Å². The topological polar surface area (TPSA) is 84.7 Å². The number of nitrogens with two attached hydrogens (primary N) is 1. The van der Waals surface area contributed by atoms with E-state index >= 15 is 0 Å². The van der Waals surface area contributed by atoms with Crippen LogP contribution in [0, 0.1) is 0 Å². The third-order valence-electron chi connectivity index (χ3n) is 1.67. The molecule has 0 radical (unpaired) electrons. The fraction of sp³-hybridized carbons (Fsp3) is 0. The van der Waals surface area contributed by atoms with E-state index in [-0.39, 0.29) is 5.28 Å². The summed E-state index contributed by atoms with van der Waals surface area (Å²) in [4.78, 5) is 21.3. The van der Waals surface area contributed by atoms with Crippen molar-refractivity contribution in [2.75, 3.05) is 0 Å². The Balaban J connectivity index is 2.76. The summed E-state index contributed by atoms with van der Waals surface area (Å²) in [6.07, 6.45) is 2.94. The predicted octanol–water partition coefficient (Wildman–Crippen LogP) is 0.710. The molecule has 0 aliphatic rings. The van der Waals surface area contributed by atoms with E-state index in [0.29, 0.717) is 16.6 Å². The molecular weight excluding hydrogens is 192 g/mol. The summed E-state index contributed by atoms with van der Waals surface area (Å²) < 4.78 is 0. The fourth-order valence-electron chi connectivity index (χ4n) is 1.09. The molecule has 0 aromatic carbocycles. The first-order valence-electron chi connectivity index (χ1n) is 3.48. The van der Waals surface area contributed by atoms with Gasteiger partial charge < -0.3 is 10.7 Å². The van der Waals surface area contributed by atoms with Crippen LogP contribution >= 0.6 is 11.6 Å². The molecule has 0 saturated carbocycles. The number of nitrogens with one attached hydrogen (secondary N) is 1. The Morgan fingerprint density at radius 1 is 1.62 bits per heavy atom. The Kier molecular flexibility index (Phi) is 1.66. The first kappa shape index (κ1) is 8.00. The van der Waals surface area contributed by atoms with E-state index in [1.54, 1.807) is 0 Å². The SMILES string of the molecule is NC(=O)c1c[nH]c2nc(Cl)ncc12. The maximum Gasteiger partial charge on any atom is 0.250 e. The number of carbonyl (C=O) groups is 1. The van der Waals surface area contributed by atoms with Crippen LogP contribution in [0.5, 0.6) is 0 Å². The smallest absolute Gasteiger partial charge is 0.250 e. The second-order valence-corrected chi connectivity index (χ2v) is 2.81. The molecule has 0 atom stereocenters. The number of aromatic nitrogens is 3. The number of aromatic amines is 1. The minimum Gasteiger partial charge on any atom is -0.366 e. The molecule has 66 valence electrons. The third-order valence-corrected chi connectivity index (χ3v) is 1.85. The van der Waals surface area contributed by atoms with E-state index in [0.717, 1.165) is 0 Å². The van der Waals surface area contributed by atoms with Crippen LogP contribution in [0.1, 0.15) is 10.4 Å². The van der Waals surface area contributed by atoms with Gasteiger partial charge in [-0.25, -0.2) is 4.98 Å². The standard InChI is InChI=1S/C7H5ClN4O/c8-7-11-2-4-3(5(9)13)1-10-6(4)12-7/h1-2H,(H2,9,13)(H,10,11,12). The molecule has 0 saturated heterocycles. The lowest BCUT2D eigenvalue weighted by Gasteiger charge is -1.91. The molecule has 6 heteroatoms. The lowest BCUT2D eigenvalue weighted by Crippen LogP contribution is -2.09. The van der Waals surface area contributed by atoms with Crippen LogP contribution in [-0.2, 0) is 0 Å². The molecule has 2 heterocycles. The summed E-state index contributed by atoms with van der Waals surface area (Å²) in [6, 6.07) is 0. The van der Waals surface area contributed by atoms with Gasteiger partial charge in [-0.2, -0.15) is 4.98 Å². The maximum atomic E-state index is 10.9. The van der Waals surface area contributed by atoms with Crippen molar-refractivity contribution in [1.29, 1.82) is 0 Å². The number of rotatable bonds is 1. The molecule has 0 bridgehead atoms. The summed E-state index contributed by atoms with van der Waals surface area (Å²) in [5, 5.41) is 0.710. The highest BCUT2D eigenvalue weighted by Gasteiger charge is 2.09. The number of hydrogen-bond acceptors (Lipinski definition) is 3. The van der Waals surface area contributed by atoms with Gasteiger partial charge in [0.25, 0.3) is 5.91 Å². The fourth-order valence-corrected chi connectivity index (χ4v) is 1.22. The number of fused-ring (bicyclic) bond motifs is 1. The summed E-state index contributed by atoms with van der Waals surface area (Å²) >= 11 is 5.55. The van der Waals surface area contributed by atoms with Gasteiger partial charge in [0.1, 0.15) is 5.65 Å². The number of carbonyl (C=O) groups excluding carboxylic acids is 1. The Hall–Kier alpha value is -1.62. The Bertz CT molecular complexity index is 478. The van der Waals surface area contributed by atoms with Gasteiger partial charge in [-0.3, -0.25) is 4.79 Å². The van der Waals surface area contributed by atoms with Gasteiger partial charge in [0.05, 0.1) is 5.56 Å². The number of amides is 1. The third kappa shape index (κ3) is 1.23.